The van der Waals surface area contributed by atoms with Crippen molar-refractivity contribution in [3.63, 3.8) is 0 Å². The minimum Gasteiger partial charge on any atom is -0.398 e. The molecule has 2 N–H and O–H groups in total. The molecule has 1 aromatic heterocycles. The van der Waals surface area contributed by atoms with Crippen molar-refractivity contribution in [1.29, 1.82) is 0 Å². The van der Waals surface area contributed by atoms with Crippen LogP contribution in [0.4, 0.5) is 5.69 Å². The summed E-state index contributed by atoms with van der Waals surface area (Å²) in [7, 11) is 0. The average Bonchev–Trinajstić information content (AvgIpc) is 2.45. The molecule has 0 saturated heterocycles. The summed E-state index contributed by atoms with van der Waals surface area (Å²) in [6, 6.07) is 3.86. The zero-order chi connectivity index (χ0) is 7.84. The third kappa shape index (κ3) is 1.42. The third-order valence-corrected chi connectivity index (χ3v) is 3.10. The normalized spacial score (nSPS) is 9.75. The van der Waals surface area contributed by atoms with Gasteiger partial charge in [0.2, 0.25) is 0 Å². The standard InChI is InChI=1S/C7H5BrN2S.ClH/c8-6-4(9)1-2-5-7(6)10-3-11-5;/h1-3H,9H2;1H. The highest BCUT2D eigenvalue weighted by atomic mass is 79.9. The van der Waals surface area contributed by atoms with Gasteiger partial charge in [-0.3, -0.25) is 0 Å². The molecule has 0 aliphatic rings. The van der Waals surface area contributed by atoms with Crippen molar-refractivity contribution in [2.45, 2.75) is 0 Å². The lowest BCUT2D eigenvalue weighted by atomic mass is 10.3. The fraction of sp³-hybridized carbons (Fsp3) is 0. The molecule has 64 valence electrons. The fourth-order valence-corrected chi connectivity index (χ4v) is 2.18. The quantitative estimate of drug-likeness (QED) is 0.744. The third-order valence-electron chi connectivity index (χ3n) is 1.47. The van der Waals surface area contributed by atoms with E-state index >= 15 is 0 Å². The van der Waals surface area contributed by atoms with E-state index in [1.54, 1.807) is 11.3 Å². The Morgan fingerprint density at radius 3 is 2.92 bits per heavy atom. The number of anilines is 1. The first-order valence-corrected chi connectivity index (χ1v) is 4.73. The molecule has 2 aromatic rings. The van der Waals surface area contributed by atoms with Crippen LogP contribution in [0.25, 0.3) is 10.2 Å². The van der Waals surface area contributed by atoms with Gasteiger partial charge in [0.1, 0.15) is 0 Å². The van der Waals surface area contributed by atoms with E-state index in [9.17, 15) is 0 Å². The average molecular weight is 266 g/mol. The summed E-state index contributed by atoms with van der Waals surface area (Å²) < 4.78 is 2.06. The molecule has 2 rings (SSSR count). The van der Waals surface area contributed by atoms with E-state index in [1.807, 2.05) is 17.6 Å². The number of nitrogen functional groups attached to an aromatic ring is 1. The summed E-state index contributed by atoms with van der Waals surface area (Å²) in [5, 5.41) is 0. The fourth-order valence-electron chi connectivity index (χ4n) is 0.914. The first-order valence-electron chi connectivity index (χ1n) is 3.06. The Hall–Kier alpha value is -0.320. The SMILES string of the molecule is Cl.Nc1ccc2scnc2c1Br. The lowest BCUT2D eigenvalue weighted by Gasteiger charge is -1.96. The van der Waals surface area contributed by atoms with Crippen molar-refractivity contribution in [3.8, 4) is 0 Å². The topological polar surface area (TPSA) is 38.9 Å². The molecule has 0 saturated carbocycles. The molecule has 0 aliphatic heterocycles. The van der Waals surface area contributed by atoms with Crippen molar-refractivity contribution in [1.82, 2.24) is 4.98 Å². The van der Waals surface area contributed by atoms with Crippen LogP contribution in [0.15, 0.2) is 22.1 Å². The largest absolute Gasteiger partial charge is 0.398 e. The van der Waals surface area contributed by atoms with Crippen LogP contribution in [-0.4, -0.2) is 4.98 Å². The van der Waals surface area contributed by atoms with E-state index in [1.165, 1.54) is 0 Å². The van der Waals surface area contributed by atoms with Gasteiger partial charge in [-0.25, -0.2) is 4.98 Å². The second kappa shape index (κ2) is 3.60. The van der Waals surface area contributed by atoms with Crippen LogP contribution in [0.5, 0.6) is 0 Å². The van der Waals surface area contributed by atoms with Gasteiger partial charge in [-0.15, -0.1) is 23.7 Å². The van der Waals surface area contributed by atoms with Crippen LogP contribution in [-0.2, 0) is 0 Å². The smallest absolute Gasteiger partial charge is 0.0974 e. The van der Waals surface area contributed by atoms with Gasteiger partial charge in [0.25, 0.3) is 0 Å². The van der Waals surface area contributed by atoms with Gasteiger partial charge in [0, 0.05) is 5.69 Å². The van der Waals surface area contributed by atoms with Gasteiger partial charge in [-0.05, 0) is 28.1 Å². The van der Waals surface area contributed by atoms with Crippen molar-refractivity contribution in [3.05, 3.63) is 22.1 Å². The number of nitrogens with two attached hydrogens (primary N) is 1. The highest BCUT2D eigenvalue weighted by Crippen LogP contribution is 2.30. The van der Waals surface area contributed by atoms with Gasteiger partial charge in [-0.2, -0.15) is 0 Å². The van der Waals surface area contributed by atoms with Crippen LogP contribution in [0.1, 0.15) is 0 Å². The molecule has 0 amide bonds. The molecule has 0 radical (unpaired) electrons. The maximum atomic E-state index is 5.66. The highest BCUT2D eigenvalue weighted by Gasteiger charge is 2.03. The van der Waals surface area contributed by atoms with Crippen LogP contribution < -0.4 is 5.73 Å². The Balaban J connectivity index is 0.000000720. The molecule has 2 nitrogen and oxygen atoms in total. The number of halogens is 2. The highest BCUT2D eigenvalue weighted by molar-refractivity contribution is 9.10. The monoisotopic (exact) mass is 264 g/mol. The maximum absolute atomic E-state index is 5.66. The number of hydrogen-bond acceptors (Lipinski definition) is 3. The predicted molar refractivity (Wildman–Crippen MR) is 59.0 cm³/mol. The molecular formula is C7H6BrClN2S. The summed E-state index contributed by atoms with van der Waals surface area (Å²) in [6.07, 6.45) is 0. The number of aromatic nitrogens is 1. The molecule has 0 unspecified atom stereocenters. The van der Waals surface area contributed by atoms with Gasteiger partial charge in [-0.1, -0.05) is 0 Å². The second-order valence-electron chi connectivity index (χ2n) is 2.17. The molecule has 0 bridgehead atoms. The van der Waals surface area contributed by atoms with Crippen molar-refractivity contribution in [2.75, 3.05) is 5.73 Å². The summed E-state index contributed by atoms with van der Waals surface area (Å²) in [5.74, 6) is 0. The van der Waals surface area contributed by atoms with Gasteiger partial charge < -0.3 is 5.73 Å². The Bertz CT molecular complexity index is 401. The van der Waals surface area contributed by atoms with E-state index in [-0.39, 0.29) is 12.4 Å². The number of hydrogen-bond donors (Lipinski definition) is 1. The predicted octanol–water partition coefficient (Wildman–Crippen LogP) is 3.06. The molecule has 0 fully saturated rings. The Kier molecular flexibility index (Phi) is 2.93. The molecule has 0 aliphatic carbocycles. The van der Waals surface area contributed by atoms with E-state index in [0.29, 0.717) is 0 Å². The first-order chi connectivity index (χ1) is 5.29. The summed E-state index contributed by atoms with van der Waals surface area (Å²) in [5.41, 5.74) is 9.17. The minimum absolute atomic E-state index is 0. The Morgan fingerprint density at radius 2 is 2.17 bits per heavy atom. The van der Waals surface area contributed by atoms with E-state index in [2.05, 4.69) is 20.9 Å². The van der Waals surface area contributed by atoms with Crippen LogP contribution in [0.3, 0.4) is 0 Å². The minimum atomic E-state index is 0. The van der Waals surface area contributed by atoms with Gasteiger partial charge >= 0.3 is 0 Å². The molecule has 1 heterocycles. The van der Waals surface area contributed by atoms with Crippen molar-refractivity contribution in [2.24, 2.45) is 0 Å². The lowest BCUT2D eigenvalue weighted by Crippen LogP contribution is -1.85. The van der Waals surface area contributed by atoms with Gasteiger partial charge in [0.05, 0.1) is 20.2 Å². The Labute approximate surface area is 88.3 Å². The molecule has 0 spiro atoms. The maximum Gasteiger partial charge on any atom is 0.0974 e. The number of rotatable bonds is 0. The number of nitrogens with zero attached hydrogens (tertiary/aromatic N) is 1. The van der Waals surface area contributed by atoms with Gasteiger partial charge in [0.15, 0.2) is 0 Å². The van der Waals surface area contributed by atoms with Crippen LogP contribution >= 0.6 is 39.7 Å². The number of benzene rings is 1. The molecule has 0 atom stereocenters. The zero-order valence-corrected chi connectivity index (χ0v) is 9.17. The summed E-state index contributed by atoms with van der Waals surface area (Å²) in [6.45, 7) is 0. The van der Waals surface area contributed by atoms with Crippen molar-refractivity contribution < 1.29 is 0 Å². The molecule has 12 heavy (non-hydrogen) atoms. The second-order valence-corrected chi connectivity index (χ2v) is 3.85. The van der Waals surface area contributed by atoms with Crippen LogP contribution in [0, 0.1) is 0 Å². The first kappa shape index (κ1) is 9.77. The van der Waals surface area contributed by atoms with Crippen molar-refractivity contribution >= 4 is 55.6 Å². The summed E-state index contributed by atoms with van der Waals surface area (Å²) in [4.78, 5) is 4.17. The molecule has 5 heteroatoms. The van der Waals surface area contributed by atoms with E-state index < -0.39 is 0 Å². The van der Waals surface area contributed by atoms with Crippen LogP contribution in [0.2, 0.25) is 0 Å². The summed E-state index contributed by atoms with van der Waals surface area (Å²) >= 11 is 4.99. The Morgan fingerprint density at radius 1 is 1.42 bits per heavy atom. The molecular weight excluding hydrogens is 260 g/mol. The van der Waals surface area contributed by atoms with E-state index in [4.69, 9.17) is 5.73 Å². The zero-order valence-electron chi connectivity index (χ0n) is 5.95. The number of thiazole rings is 1. The molecule has 1 aromatic carbocycles. The number of fused-ring (bicyclic) bond motifs is 1. The lowest BCUT2D eigenvalue weighted by molar-refractivity contribution is 1.48. The van der Waals surface area contributed by atoms with E-state index in [0.717, 1.165) is 20.4 Å².